The molecule has 1 aromatic carbocycles. The van der Waals surface area contributed by atoms with Gasteiger partial charge in [0, 0.05) is 35.1 Å². The van der Waals surface area contributed by atoms with E-state index >= 15 is 0 Å². The van der Waals surface area contributed by atoms with E-state index in [0.29, 0.717) is 18.7 Å². The first-order valence-corrected chi connectivity index (χ1v) is 6.18. The molecule has 0 spiro atoms. The van der Waals surface area contributed by atoms with Gasteiger partial charge in [-0.05, 0) is 24.4 Å². The predicted octanol–water partition coefficient (Wildman–Crippen LogP) is 2.99. The minimum Gasteiger partial charge on any atom is -0.360 e. The van der Waals surface area contributed by atoms with E-state index in [9.17, 15) is 4.79 Å². The van der Waals surface area contributed by atoms with Gasteiger partial charge in [0.25, 0.3) is 5.91 Å². The van der Waals surface area contributed by atoms with E-state index in [2.05, 4.69) is 20.3 Å². The normalized spacial score (nSPS) is 10.1. The monoisotopic (exact) mass is 257 g/mol. The second kappa shape index (κ2) is 6.47. The number of aromatic amines is 1. The summed E-state index contributed by atoms with van der Waals surface area (Å²) in [5.74, 6) is -0.0822. The SMILES string of the molecule is [N-]=[N+]=NCCCCNC(=O)c1c[nH]c2ccccc12. The Bertz CT molecular complexity index is 612. The first-order chi connectivity index (χ1) is 9.33. The average molecular weight is 257 g/mol. The van der Waals surface area contributed by atoms with Crippen molar-refractivity contribution in [1.29, 1.82) is 0 Å². The Hall–Kier alpha value is -2.46. The summed E-state index contributed by atoms with van der Waals surface area (Å²) in [7, 11) is 0. The van der Waals surface area contributed by atoms with E-state index in [-0.39, 0.29) is 5.91 Å². The van der Waals surface area contributed by atoms with Crippen molar-refractivity contribution in [1.82, 2.24) is 10.3 Å². The van der Waals surface area contributed by atoms with Crippen molar-refractivity contribution in [2.24, 2.45) is 5.11 Å². The van der Waals surface area contributed by atoms with Gasteiger partial charge in [-0.1, -0.05) is 23.3 Å². The minimum atomic E-state index is -0.0822. The lowest BCUT2D eigenvalue weighted by molar-refractivity contribution is 0.0955. The summed E-state index contributed by atoms with van der Waals surface area (Å²) in [6.45, 7) is 1.05. The Morgan fingerprint density at radius 3 is 3.05 bits per heavy atom. The molecule has 98 valence electrons. The van der Waals surface area contributed by atoms with Crippen LogP contribution in [0.25, 0.3) is 21.3 Å². The Labute approximate surface area is 110 Å². The molecule has 6 nitrogen and oxygen atoms in total. The molecule has 0 aliphatic heterocycles. The Kier molecular flexibility index (Phi) is 4.42. The molecule has 0 bridgehead atoms. The molecular formula is C13H15N5O. The molecule has 1 heterocycles. The van der Waals surface area contributed by atoms with Crippen LogP contribution in [0.1, 0.15) is 23.2 Å². The first kappa shape index (κ1) is 13.0. The summed E-state index contributed by atoms with van der Waals surface area (Å²) in [6, 6.07) is 7.69. The van der Waals surface area contributed by atoms with Gasteiger partial charge in [0.1, 0.15) is 0 Å². The number of fused-ring (bicyclic) bond motifs is 1. The summed E-state index contributed by atoms with van der Waals surface area (Å²) < 4.78 is 0. The molecule has 19 heavy (non-hydrogen) atoms. The zero-order chi connectivity index (χ0) is 13.5. The maximum absolute atomic E-state index is 12.0. The van der Waals surface area contributed by atoms with E-state index in [0.717, 1.165) is 23.7 Å². The standard InChI is InChI=1S/C13H15N5O/c14-18-17-8-4-3-7-15-13(19)11-9-16-12-6-2-1-5-10(11)12/h1-2,5-6,9,16H,3-4,7-8H2,(H,15,19). The van der Waals surface area contributed by atoms with Crippen molar-refractivity contribution < 1.29 is 4.79 Å². The van der Waals surface area contributed by atoms with Crippen molar-refractivity contribution in [3.05, 3.63) is 46.5 Å². The van der Waals surface area contributed by atoms with Gasteiger partial charge in [-0.25, -0.2) is 0 Å². The van der Waals surface area contributed by atoms with Gasteiger partial charge in [0.2, 0.25) is 0 Å². The zero-order valence-corrected chi connectivity index (χ0v) is 10.5. The van der Waals surface area contributed by atoms with Crippen molar-refractivity contribution in [2.75, 3.05) is 13.1 Å². The number of carbonyl (C=O) groups is 1. The fourth-order valence-corrected chi connectivity index (χ4v) is 1.91. The molecular weight excluding hydrogens is 242 g/mol. The van der Waals surface area contributed by atoms with Gasteiger partial charge >= 0.3 is 0 Å². The van der Waals surface area contributed by atoms with Crippen molar-refractivity contribution >= 4 is 16.8 Å². The zero-order valence-electron chi connectivity index (χ0n) is 10.5. The van der Waals surface area contributed by atoms with Crippen LogP contribution >= 0.6 is 0 Å². The number of amides is 1. The van der Waals surface area contributed by atoms with Crippen molar-refractivity contribution in [2.45, 2.75) is 12.8 Å². The second-order valence-corrected chi connectivity index (χ2v) is 4.17. The largest absolute Gasteiger partial charge is 0.360 e. The lowest BCUT2D eigenvalue weighted by Gasteiger charge is -2.03. The van der Waals surface area contributed by atoms with Gasteiger partial charge < -0.3 is 10.3 Å². The van der Waals surface area contributed by atoms with Crippen LogP contribution in [-0.4, -0.2) is 24.0 Å². The highest BCUT2D eigenvalue weighted by Crippen LogP contribution is 2.17. The summed E-state index contributed by atoms with van der Waals surface area (Å²) in [5.41, 5.74) is 9.73. The molecule has 0 saturated heterocycles. The van der Waals surface area contributed by atoms with Gasteiger partial charge in [-0.3, -0.25) is 4.79 Å². The van der Waals surface area contributed by atoms with Crippen LogP contribution in [0.4, 0.5) is 0 Å². The van der Waals surface area contributed by atoms with Gasteiger partial charge in [0.05, 0.1) is 5.56 Å². The molecule has 1 amide bonds. The molecule has 0 aliphatic carbocycles. The average Bonchev–Trinajstić information content (AvgIpc) is 2.86. The molecule has 2 N–H and O–H groups in total. The molecule has 2 rings (SSSR count). The maximum atomic E-state index is 12.0. The fourth-order valence-electron chi connectivity index (χ4n) is 1.91. The Morgan fingerprint density at radius 1 is 1.37 bits per heavy atom. The number of unbranched alkanes of at least 4 members (excludes halogenated alkanes) is 1. The number of nitrogens with zero attached hydrogens (tertiary/aromatic N) is 3. The number of azide groups is 1. The number of carbonyl (C=O) groups excluding carboxylic acids is 1. The van der Waals surface area contributed by atoms with E-state index in [1.165, 1.54) is 0 Å². The Balaban J connectivity index is 1.88. The molecule has 0 aliphatic rings. The first-order valence-electron chi connectivity index (χ1n) is 6.18. The quantitative estimate of drug-likeness (QED) is 0.354. The van der Waals surface area contributed by atoms with Crippen molar-refractivity contribution in [3.63, 3.8) is 0 Å². The molecule has 0 saturated carbocycles. The summed E-state index contributed by atoms with van der Waals surface area (Å²) in [4.78, 5) is 17.7. The van der Waals surface area contributed by atoms with Gasteiger partial charge in [-0.2, -0.15) is 0 Å². The lowest BCUT2D eigenvalue weighted by Crippen LogP contribution is -2.24. The van der Waals surface area contributed by atoms with Gasteiger partial charge in [-0.15, -0.1) is 0 Å². The smallest absolute Gasteiger partial charge is 0.253 e. The van der Waals surface area contributed by atoms with E-state index in [1.54, 1.807) is 6.20 Å². The highest BCUT2D eigenvalue weighted by Gasteiger charge is 2.10. The number of hydrogen-bond acceptors (Lipinski definition) is 2. The molecule has 2 aromatic rings. The lowest BCUT2D eigenvalue weighted by atomic mass is 10.1. The maximum Gasteiger partial charge on any atom is 0.253 e. The second-order valence-electron chi connectivity index (χ2n) is 4.17. The van der Waals surface area contributed by atoms with Crippen molar-refractivity contribution in [3.8, 4) is 0 Å². The van der Waals surface area contributed by atoms with Crippen LogP contribution in [0.3, 0.4) is 0 Å². The molecule has 0 fully saturated rings. The molecule has 0 atom stereocenters. The van der Waals surface area contributed by atoms with Gasteiger partial charge in [0.15, 0.2) is 0 Å². The van der Waals surface area contributed by atoms with E-state index in [4.69, 9.17) is 5.53 Å². The molecule has 6 heteroatoms. The van der Waals surface area contributed by atoms with Crippen LogP contribution in [0, 0.1) is 0 Å². The molecule has 1 aromatic heterocycles. The van der Waals surface area contributed by atoms with E-state index in [1.807, 2.05) is 24.3 Å². The number of H-pyrrole nitrogens is 1. The number of para-hydroxylation sites is 1. The minimum absolute atomic E-state index is 0.0822. The third-order valence-corrected chi connectivity index (χ3v) is 2.87. The third kappa shape index (κ3) is 3.26. The number of rotatable bonds is 6. The third-order valence-electron chi connectivity index (χ3n) is 2.87. The summed E-state index contributed by atoms with van der Waals surface area (Å²) in [5, 5.41) is 7.23. The van der Waals surface area contributed by atoms with Crippen LogP contribution in [0.15, 0.2) is 35.6 Å². The molecule has 0 radical (unpaired) electrons. The van der Waals surface area contributed by atoms with Crippen LogP contribution in [-0.2, 0) is 0 Å². The topological polar surface area (TPSA) is 93.7 Å². The molecule has 0 unspecified atom stereocenters. The van der Waals surface area contributed by atoms with Crippen LogP contribution in [0.5, 0.6) is 0 Å². The van der Waals surface area contributed by atoms with Crippen LogP contribution < -0.4 is 5.32 Å². The number of hydrogen-bond donors (Lipinski definition) is 2. The number of nitrogens with one attached hydrogen (secondary N) is 2. The predicted molar refractivity (Wildman–Crippen MR) is 73.9 cm³/mol. The highest BCUT2D eigenvalue weighted by atomic mass is 16.1. The fraction of sp³-hybridized carbons (Fsp3) is 0.308. The summed E-state index contributed by atoms with van der Waals surface area (Å²) in [6.07, 6.45) is 3.30. The van der Waals surface area contributed by atoms with Crippen LogP contribution in [0.2, 0.25) is 0 Å². The summed E-state index contributed by atoms with van der Waals surface area (Å²) >= 11 is 0. The highest BCUT2D eigenvalue weighted by molar-refractivity contribution is 6.06. The van der Waals surface area contributed by atoms with E-state index < -0.39 is 0 Å². The number of aromatic nitrogens is 1. The number of benzene rings is 1. The Morgan fingerprint density at radius 2 is 2.21 bits per heavy atom.